The standard InChI is InChI=1S/C22H29N3O4S/c1-16-15-18(24(2)3)5-10-21(16)23-22(26)17-11-13-25(14-12-17)30(27,28)20-8-6-19(29-4)7-9-20/h5-10,15,17H,11-14H2,1-4H3,(H,23,26). The molecule has 0 saturated carbocycles. The molecule has 1 heterocycles. The third-order valence-electron chi connectivity index (χ3n) is 5.51. The van der Waals surface area contributed by atoms with Crippen LogP contribution >= 0.6 is 0 Å². The Kier molecular flexibility index (Phi) is 6.67. The predicted molar refractivity (Wildman–Crippen MR) is 119 cm³/mol. The first kappa shape index (κ1) is 22.1. The van der Waals surface area contributed by atoms with E-state index in [2.05, 4.69) is 5.32 Å². The van der Waals surface area contributed by atoms with Crippen LogP contribution in [0.1, 0.15) is 18.4 Å². The van der Waals surface area contributed by atoms with E-state index >= 15 is 0 Å². The van der Waals surface area contributed by atoms with Crippen molar-refractivity contribution in [2.75, 3.05) is 44.5 Å². The molecule has 2 aromatic rings. The summed E-state index contributed by atoms with van der Waals surface area (Å²) in [6.07, 6.45) is 0.992. The van der Waals surface area contributed by atoms with Crippen molar-refractivity contribution < 1.29 is 17.9 Å². The Morgan fingerprint density at radius 3 is 2.27 bits per heavy atom. The van der Waals surface area contributed by atoms with Crippen molar-refractivity contribution in [3.8, 4) is 5.75 Å². The zero-order chi connectivity index (χ0) is 21.9. The third-order valence-corrected chi connectivity index (χ3v) is 7.42. The van der Waals surface area contributed by atoms with Crippen LogP contribution in [0, 0.1) is 12.8 Å². The fraction of sp³-hybridized carbons (Fsp3) is 0.409. The first-order valence-corrected chi connectivity index (χ1v) is 11.4. The van der Waals surface area contributed by atoms with Crippen LogP contribution in [0.5, 0.6) is 5.75 Å². The van der Waals surface area contributed by atoms with Gasteiger partial charge in [0.15, 0.2) is 0 Å². The van der Waals surface area contributed by atoms with Gasteiger partial charge in [0.2, 0.25) is 15.9 Å². The van der Waals surface area contributed by atoms with Gasteiger partial charge in [-0.1, -0.05) is 0 Å². The van der Waals surface area contributed by atoms with Gasteiger partial charge in [-0.15, -0.1) is 0 Å². The maximum absolute atomic E-state index is 12.9. The maximum atomic E-state index is 12.9. The maximum Gasteiger partial charge on any atom is 0.243 e. The summed E-state index contributed by atoms with van der Waals surface area (Å²) in [6, 6.07) is 12.3. The first-order valence-electron chi connectivity index (χ1n) is 9.95. The van der Waals surface area contributed by atoms with E-state index in [4.69, 9.17) is 4.74 Å². The van der Waals surface area contributed by atoms with Gasteiger partial charge in [-0.25, -0.2) is 8.42 Å². The third kappa shape index (κ3) is 4.76. The second-order valence-corrected chi connectivity index (χ2v) is 9.67. The zero-order valence-electron chi connectivity index (χ0n) is 17.9. The molecule has 7 nitrogen and oxygen atoms in total. The summed E-state index contributed by atoms with van der Waals surface area (Å²) in [4.78, 5) is 15.0. The number of amides is 1. The van der Waals surface area contributed by atoms with E-state index in [1.54, 1.807) is 24.3 Å². The normalized spacial score (nSPS) is 15.6. The van der Waals surface area contributed by atoms with Gasteiger partial charge >= 0.3 is 0 Å². The van der Waals surface area contributed by atoms with Crippen molar-refractivity contribution in [3.63, 3.8) is 0 Å². The minimum Gasteiger partial charge on any atom is -0.497 e. The summed E-state index contributed by atoms with van der Waals surface area (Å²) in [5, 5.41) is 3.00. The highest BCUT2D eigenvalue weighted by molar-refractivity contribution is 7.89. The van der Waals surface area contributed by atoms with Crippen LogP contribution in [0.15, 0.2) is 47.4 Å². The van der Waals surface area contributed by atoms with Crippen molar-refractivity contribution in [3.05, 3.63) is 48.0 Å². The number of benzene rings is 2. The van der Waals surface area contributed by atoms with Crippen LogP contribution in [-0.4, -0.2) is 52.9 Å². The molecule has 0 aromatic heterocycles. The van der Waals surface area contributed by atoms with Gasteiger partial charge in [0.1, 0.15) is 5.75 Å². The molecule has 1 N–H and O–H groups in total. The molecule has 2 aromatic carbocycles. The minimum atomic E-state index is -3.57. The Bertz CT molecular complexity index is 996. The van der Waals surface area contributed by atoms with E-state index < -0.39 is 10.0 Å². The number of sulfonamides is 1. The molecule has 0 unspecified atom stereocenters. The van der Waals surface area contributed by atoms with E-state index in [1.807, 2.05) is 44.1 Å². The molecular formula is C22H29N3O4S. The summed E-state index contributed by atoms with van der Waals surface area (Å²) < 4.78 is 32.3. The lowest BCUT2D eigenvalue weighted by Gasteiger charge is -2.30. The number of carbonyl (C=O) groups excluding carboxylic acids is 1. The summed E-state index contributed by atoms with van der Waals surface area (Å²) >= 11 is 0. The van der Waals surface area contributed by atoms with Crippen molar-refractivity contribution in [2.45, 2.75) is 24.7 Å². The number of methoxy groups -OCH3 is 1. The SMILES string of the molecule is COc1ccc(S(=O)(=O)N2CCC(C(=O)Nc3ccc(N(C)C)cc3C)CC2)cc1. The molecule has 1 saturated heterocycles. The predicted octanol–water partition coefficient (Wildman–Crippen LogP) is 3.11. The number of anilines is 2. The summed E-state index contributed by atoms with van der Waals surface area (Å²) in [6.45, 7) is 2.61. The molecule has 0 radical (unpaired) electrons. The monoisotopic (exact) mass is 431 g/mol. The lowest BCUT2D eigenvalue weighted by Crippen LogP contribution is -2.41. The molecular weight excluding hydrogens is 402 g/mol. The number of nitrogens with zero attached hydrogens (tertiary/aromatic N) is 2. The lowest BCUT2D eigenvalue weighted by molar-refractivity contribution is -0.120. The minimum absolute atomic E-state index is 0.0581. The molecule has 8 heteroatoms. The highest BCUT2D eigenvalue weighted by Crippen LogP contribution is 2.27. The average Bonchev–Trinajstić information content (AvgIpc) is 2.75. The van der Waals surface area contributed by atoms with Gasteiger partial charge in [-0.05, 0) is 67.8 Å². The molecule has 0 spiro atoms. The Morgan fingerprint density at radius 1 is 1.10 bits per heavy atom. The topological polar surface area (TPSA) is 79.0 Å². The molecule has 1 amide bonds. The molecule has 1 aliphatic rings. The smallest absolute Gasteiger partial charge is 0.243 e. The van der Waals surface area contributed by atoms with E-state index in [0.717, 1.165) is 16.9 Å². The van der Waals surface area contributed by atoms with Gasteiger partial charge in [0, 0.05) is 44.5 Å². The van der Waals surface area contributed by atoms with E-state index in [1.165, 1.54) is 11.4 Å². The Morgan fingerprint density at radius 2 is 1.73 bits per heavy atom. The van der Waals surface area contributed by atoms with Gasteiger partial charge in [-0.2, -0.15) is 4.31 Å². The number of ether oxygens (including phenoxy) is 1. The van der Waals surface area contributed by atoms with Crippen LogP contribution in [0.25, 0.3) is 0 Å². The summed E-state index contributed by atoms with van der Waals surface area (Å²) in [7, 11) is 1.91. The average molecular weight is 432 g/mol. The fourth-order valence-corrected chi connectivity index (χ4v) is 5.03. The van der Waals surface area contributed by atoms with Crippen LogP contribution in [0.3, 0.4) is 0 Å². The number of aryl methyl sites for hydroxylation is 1. The van der Waals surface area contributed by atoms with E-state index in [0.29, 0.717) is 31.7 Å². The second kappa shape index (κ2) is 9.06. The molecule has 1 fully saturated rings. The Balaban J connectivity index is 1.61. The number of nitrogens with one attached hydrogen (secondary N) is 1. The highest BCUT2D eigenvalue weighted by Gasteiger charge is 2.32. The van der Waals surface area contributed by atoms with Gasteiger partial charge < -0.3 is 15.0 Å². The molecule has 0 bridgehead atoms. The van der Waals surface area contributed by atoms with Gasteiger partial charge in [0.05, 0.1) is 12.0 Å². The fourth-order valence-electron chi connectivity index (χ4n) is 3.56. The summed E-state index contributed by atoms with van der Waals surface area (Å²) in [5.41, 5.74) is 2.86. The number of rotatable bonds is 6. The number of carbonyl (C=O) groups is 1. The molecule has 162 valence electrons. The van der Waals surface area contributed by atoms with E-state index in [9.17, 15) is 13.2 Å². The van der Waals surface area contributed by atoms with Gasteiger partial charge in [0.25, 0.3) is 0 Å². The van der Waals surface area contributed by atoms with Gasteiger partial charge in [-0.3, -0.25) is 4.79 Å². The quantitative estimate of drug-likeness (QED) is 0.760. The van der Waals surface area contributed by atoms with Crippen LogP contribution in [0.4, 0.5) is 11.4 Å². The largest absolute Gasteiger partial charge is 0.497 e. The molecule has 1 aliphatic heterocycles. The summed E-state index contributed by atoms with van der Waals surface area (Å²) in [5.74, 6) is 0.343. The van der Waals surface area contributed by atoms with Crippen molar-refractivity contribution in [1.29, 1.82) is 0 Å². The number of hydrogen-bond donors (Lipinski definition) is 1. The molecule has 0 atom stereocenters. The van der Waals surface area contributed by atoms with Crippen LogP contribution in [0.2, 0.25) is 0 Å². The second-order valence-electron chi connectivity index (χ2n) is 7.74. The molecule has 3 rings (SSSR count). The molecule has 0 aliphatic carbocycles. The Hall–Kier alpha value is -2.58. The van der Waals surface area contributed by atoms with Crippen LogP contribution in [-0.2, 0) is 14.8 Å². The number of hydrogen-bond acceptors (Lipinski definition) is 5. The van der Waals surface area contributed by atoms with Crippen molar-refractivity contribution in [1.82, 2.24) is 4.31 Å². The van der Waals surface area contributed by atoms with Crippen molar-refractivity contribution >= 4 is 27.3 Å². The van der Waals surface area contributed by atoms with Crippen LogP contribution < -0.4 is 15.0 Å². The van der Waals surface area contributed by atoms with E-state index in [-0.39, 0.29) is 16.7 Å². The number of piperidine rings is 1. The lowest BCUT2D eigenvalue weighted by atomic mass is 9.97. The highest BCUT2D eigenvalue weighted by atomic mass is 32.2. The Labute approximate surface area is 178 Å². The zero-order valence-corrected chi connectivity index (χ0v) is 18.7. The first-order chi connectivity index (χ1) is 14.2. The van der Waals surface area contributed by atoms with Crippen molar-refractivity contribution in [2.24, 2.45) is 5.92 Å². The molecule has 30 heavy (non-hydrogen) atoms.